The van der Waals surface area contributed by atoms with Crippen molar-refractivity contribution in [2.24, 2.45) is 0 Å². The van der Waals surface area contributed by atoms with E-state index in [2.05, 4.69) is 0 Å². The molecule has 2 unspecified atom stereocenters. The highest BCUT2D eigenvalue weighted by molar-refractivity contribution is 6.31. The second-order valence-electron chi connectivity index (χ2n) is 3.86. The zero-order valence-electron chi connectivity index (χ0n) is 8.51. The minimum absolute atomic E-state index is 0.323. The molecule has 2 rings (SSSR count). The van der Waals surface area contributed by atoms with E-state index in [4.69, 9.17) is 11.6 Å². The lowest BCUT2D eigenvalue weighted by molar-refractivity contribution is 0.0572. The maximum Gasteiger partial charge on any atom is 0.152 e. The molecule has 0 spiro atoms. The summed E-state index contributed by atoms with van der Waals surface area (Å²) >= 11 is 5.78. The SMILES string of the molecule is O=Cc1cc(Cl)ccc1N1CC(O)C(O)C1. The first kappa shape index (κ1) is 11.4. The highest BCUT2D eigenvalue weighted by Crippen LogP contribution is 2.26. The normalized spacial score (nSPS) is 24.8. The second-order valence-corrected chi connectivity index (χ2v) is 4.30. The standard InChI is InChI=1S/C11H12ClNO3/c12-8-1-2-9(7(3-8)6-14)13-4-10(15)11(16)5-13/h1-3,6,10-11,15-16H,4-5H2. The summed E-state index contributed by atoms with van der Waals surface area (Å²) in [7, 11) is 0. The van der Waals surface area contributed by atoms with E-state index < -0.39 is 12.2 Å². The Morgan fingerprint density at radius 2 is 1.94 bits per heavy atom. The van der Waals surface area contributed by atoms with E-state index in [9.17, 15) is 15.0 Å². The minimum Gasteiger partial charge on any atom is -0.389 e. The second kappa shape index (κ2) is 4.41. The predicted octanol–water partition coefficient (Wildman–Crippen LogP) is 0.694. The number of halogens is 1. The zero-order chi connectivity index (χ0) is 11.7. The van der Waals surface area contributed by atoms with Crippen LogP contribution in [0.25, 0.3) is 0 Å². The Hall–Kier alpha value is -1.10. The average Bonchev–Trinajstić information content (AvgIpc) is 2.59. The summed E-state index contributed by atoms with van der Waals surface area (Å²) in [4.78, 5) is 12.7. The monoisotopic (exact) mass is 241 g/mol. The molecule has 2 N–H and O–H groups in total. The molecule has 0 bridgehead atoms. The first-order valence-corrected chi connectivity index (χ1v) is 5.35. The lowest BCUT2D eigenvalue weighted by Gasteiger charge is -2.19. The van der Waals surface area contributed by atoms with Gasteiger partial charge in [0.15, 0.2) is 6.29 Å². The number of nitrogens with zero attached hydrogens (tertiary/aromatic N) is 1. The molecule has 0 aliphatic carbocycles. The molecule has 1 aliphatic heterocycles. The van der Waals surface area contributed by atoms with E-state index in [0.29, 0.717) is 29.4 Å². The van der Waals surface area contributed by atoms with Crippen molar-refractivity contribution in [2.45, 2.75) is 12.2 Å². The summed E-state index contributed by atoms with van der Waals surface area (Å²) in [5.41, 5.74) is 1.16. The Balaban J connectivity index is 2.30. The molecule has 4 nitrogen and oxygen atoms in total. The fourth-order valence-electron chi connectivity index (χ4n) is 1.87. The van der Waals surface area contributed by atoms with Crippen molar-refractivity contribution in [1.29, 1.82) is 0 Å². The molecule has 0 amide bonds. The summed E-state index contributed by atoms with van der Waals surface area (Å²) in [5.74, 6) is 0. The summed E-state index contributed by atoms with van der Waals surface area (Å²) in [6, 6.07) is 4.97. The number of carbonyl (C=O) groups is 1. The maximum atomic E-state index is 10.9. The van der Waals surface area contributed by atoms with Crippen LogP contribution in [-0.4, -0.2) is 41.8 Å². The van der Waals surface area contributed by atoms with E-state index in [1.165, 1.54) is 0 Å². The number of rotatable bonds is 2. The molecule has 1 aliphatic rings. The van der Waals surface area contributed by atoms with Crippen LogP contribution in [0.1, 0.15) is 10.4 Å². The van der Waals surface area contributed by atoms with E-state index in [0.717, 1.165) is 6.29 Å². The van der Waals surface area contributed by atoms with Gasteiger partial charge in [-0.3, -0.25) is 4.79 Å². The van der Waals surface area contributed by atoms with Crippen molar-refractivity contribution in [2.75, 3.05) is 18.0 Å². The molecule has 0 aromatic heterocycles. The molecule has 2 atom stereocenters. The number of β-amino-alcohol motifs (C(OH)–C–C–N with tert-alkyl or cyclic N) is 2. The smallest absolute Gasteiger partial charge is 0.152 e. The number of anilines is 1. The quantitative estimate of drug-likeness (QED) is 0.749. The highest BCUT2D eigenvalue weighted by atomic mass is 35.5. The fraction of sp³-hybridized carbons (Fsp3) is 0.364. The first-order chi connectivity index (χ1) is 7.61. The molecule has 0 saturated carbocycles. The summed E-state index contributed by atoms with van der Waals surface area (Å²) in [6.07, 6.45) is -0.816. The molecule has 5 heteroatoms. The van der Waals surface area contributed by atoms with E-state index in [1.807, 2.05) is 0 Å². The van der Waals surface area contributed by atoms with Gasteiger partial charge in [-0.15, -0.1) is 0 Å². The van der Waals surface area contributed by atoms with Crippen LogP contribution in [0.3, 0.4) is 0 Å². The molecule has 1 saturated heterocycles. The Labute approximate surface area is 98.1 Å². The topological polar surface area (TPSA) is 60.8 Å². The third kappa shape index (κ3) is 2.04. The molecule has 0 radical (unpaired) electrons. The summed E-state index contributed by atoms with van der Waals surface area (Å²) in [6.45, 7) is 0.646. The first-order valence-electron chi connectivity index (χ1n) is 4.97. The lowest BCUT2D eigenvalue weighted by Crippen LogP contribution is -2.22. The summed E-state index contributed by atoms with van der Waals surface area (Å²) < 4.78 is 0. The average molecular weight is 242 g/mol. The number of aliphatic hydroxyl groups excluding tert-OH is 2. The van der Waals surface area contributed by atoms with E-state index in [-0.39, 0.29) is 0 Å². The Kier molecular flexibility index (Phi) is 3.14. The van der Waals surface area contributed by atoms with Gasteiger partial charge in [0.05, 0.1) is 12.2 Å². The molecule has 16 heavy (non-hydrogen) atoms. The van der Waals surface area contributed by atoms with Gasteiger partial charge in [-0.1, -0.05) is 11.6 Å². The van der Waals surface area contributed by atoms with Gasteiger partial charge in [0.25, 0.3) is 0 Å². The van der Waals surface area contributed by atoms with Gasteiger partial charge in [0, 0.05) is 29.4 Å². The Morgan fingerprint density at radius 1 is 1.31 bits per heavy atom. The fourth-order valence-corrected chi connectivity index (χ4v) is 2.05. The molecular formula is C11H12ClNO3. The van der Waals surface area contributed by atoms with Crippen LogP contribution in [0.5, 0.6) is 0 Å². The van der Waals surface area contributed by atoms with Crippen molar-refractivity contribution in [3.63, 3.8) is 0 Å². The maximum absolute atomic E-state index is 10.9. The predicted molar refractivity (Wildman–Crippen MR) is 61.1 cm³/mol. The Morgan fingerprint density at radius 3 is 2.50 bits per heavy atom. The zero-order valence-corrected chi connectivity index (χ0v) is 9.26. The van der Waals surface area contributed by atoms with Gasteiger partial charge < -0.3 is 15.1 Å². The van der Waals surface area contributed by atoms with Crippen molar-refractivity contribution in [3.8, 4) is 0 Å². The molecule has 1 fully saturated rings. The van der Waals surface area contributed by atoms with Crippen LogP contribution in [0.4, 0.5) is 5.69 Å². The van der Waals surface area contributed by atoms with Gasteiger partial charge in [0.1, 0.15) is 0 Å². The van der Waals surface area contributed by atoms with Crippen LogP contribution in [0.15, 0.2) is 18.2 Å². The van der Waals surface area contributed by atoms with Crippen LogP contribution < -0.4 is 4.90 Å². The number of benzene rings is 1. The minimum atomic E-state index is -0.768. The lowest BCUT2D eigenvalue weighted by atomic mass is 10.2. The summed E-state index contributed by atoms with van der Waals surface area (Å²) in [5, 5.41) is 19.4. The van der Waals surface area contributed by atoms with Crippen molar-refractivity contribution >= 4 is 23.6 Å². The van der Waals surface area contributed by atoms with Crippen molar-refractivity contribution in [3.05, 3.63) is 28.8 Å². The van der Waals surface area contributed by atoms with Gasteiger partial charge in [-0.05, 0) is 18.2 Å². The Bertz CT molecular complexity index is 400. The highest BCUT2D eigenvalue weighted by Gasteiger charge is 2.30. The van der Waals surface area contributed by atoms with E-state index in [1.54, 1.807) is 23.1 Å². The third-order valence-corrected chi connectivity index (χ3v) is 2.95. The number of aliphatic hydroxyl groups is 2. The number of hydrogen-bond acceptors (Lipinski definition) is 4. The molecule has 1 aromatic rings. The van der Waals surface area contributed by atoms with Crippen LogP contribution in [0, 0.1) is 0 Å². The van der Waals surface area contributed by atoms with Gasteiger partial charge >= 0.3 is 0 Å². The van der Waals surface area contributed by atoms with Gasteiger partial charge in [-0.25, -0.2) is 0 Å². The van der Waals surface area contributed by atoms with Crippen molar-refractivity contribution < 1.29 is 15.0 Å². The van der Waals surface area contributed by atoms with Gasteiger partial charge in [0.2, 0.25) is 0 Å². The molecule has 86 valence electrons. The van der Waals surface area contributed by atoms with Gasteiger partial charge in [-0.2, -0.15) is 0 Å². The number of aldehydes is 1. The van der Waals surface area contributed by atoms with Crippen LogP contribution >= 0.6 is 11.6 Å². The number of carbonyl (C=O) groups excluding carboxylic acids is 1. The van der Waals surface area contributed by atoms with Crippen LogP contribution in [0.2, 0.25) is 5.02 Å². The molecule has 1 heterocycles. The largest absolute Gasteiger partial charge is 0.389 e. The molecular weight excluding hydrogens is 230 g/mol. The van der Waals surface area contributed by atoms with E-state index >= 15 is 0 Å². The third-order valence-electron chi connectivity index (χ3n) is 2.72. The number of hydrogen-bond donors (Lipinski definition) is 2. The van der Waals surface area contributed by atoms with Crippen LogP contribution in [-0.2, 0) is 0 Å². The van der Waals surface area contributed by atoms with Crippen molar-refractivity contribution in [1.82, 2.24) is 0 Å². The molecule has 1 aromatic carbocycles.